The van der Waals surface area contributed by atoms with Gasteiger partial charge in [0.25, 0.3) is 0 Å². The van der Waals surface area contributed by atoms with Gasteiger partial charge >= 0.3 is 12.0 Å². The van der Waals surface area contributed by atoms with Gasteiger partial charge in [-0.25, -0.2) is 13.1 Å². The van der Waals surface area contributed by atoms with Gasteiger partial charge in [-0.2, -0.15) is 9.97 Å². The third-order valence-electron chi connectivity index (χ3n) is 3.10. The minimum absolute atomic E-state index is 0.0383. The maximum atomic E-state index is 12.4. The van der Waals surface area contributed by atoms with Gasteiger partial charge < -0.3 is 14.2 Å². The average Bonchev–Trinajstić information content (AvgIpc) is 2.59. The lowest BCUT2D eigenvalue weighted by atomic mass is 10.2. The third kappa shape index (κ3) is 4.09. The first-order valence-electron chi connectivity index (χ1n) is 6.87. The summed E-state index contributed by atoms with van der Waals surface area (Å²) in [5.74, 6) is 0.786. The molecular weight excluding hydrogens is 336 g/mol. The molecule has 0 spiro atoms. The summed E-state index contributed by atoms with van der Waals surface area (Å²) in [6.45, 7) is 1.63. The minimum atomic E-state index is -3.73. The van der Waals surface area contributed by atoms with Crippen molar-refractivity contribution in [2.75, 3.05) is 21.3 Å². The molecule has 10 heteroatoms. The average molecular weight is 354 g/mol. The van der Waals surface area contributed by atoms with Gasteiger partial charge in [-0.15, -0.1) is 4.98 Å². The van der Waals surface area contributed by atoms with E-state index in [2.05, 4.69) is 19.7 Å². The Kier molecular flexibility index (Phi) is 5.52. The van der Waals surface area contributed by atoms with E-state index in [1.54, 1.807) is 13.0 Å². The zero-order valence-corrected chi connectivity index (χ0v) is 14.5. The second-order valence-electron chi connectivity index (χ2n) is 4.68. The zero-order chi connectivity index (χ0) is 17.7. The Morgan fingerprint density at radius 1 is 1.00 bits per heavy atom. The van der Waals surface area contributed by atoms with Crippen LogP contribution in [-0.4, -0.2) is 44.7 Å². The van der Waals surface area contributed by atoms with E-state index in [1.165, 1.54) is 33.5 Å². The Morgan fingerprint density at radius 2 is 1.62 bits per heavy atom. The van der Waals surface area contributed by atoms with Crippen LogP contribution >= 0.6 is 0 Å². The Labute approximate surface area is 140 Å². The van der Waals surface area contributed by atoms with Gasteiger partial charge in [0.05, 0.1) is 32.8 Å². The van der Waals surface area contributed by atoms with Crippen molar-refractivity contribution in [2.45, 2.75) is 18.4 Å². The number of rotatable bonds is 7. The Balaban J connectivity index is 2.20. The highest BCUT2D eigenvalue weighted by atomic mass is 32.2. The standard InChI is InChI=1S/C14H18N4O5S/c1-9-7-10(5-6-11(9)21-2)24(19,20)15-8-12-16-13(22-3)18-14(17-12)23-4/h5-7,15H,8H2,1-4H3. The molecule has 1 heterocycles. The van der Waals surface area contributed by atoms with Crippen molar-refractivity contribution in [1.29, 1.82) is 0 Å². The molecule has 0 atom stereocenters. The molecule has 0 bridgehead atoms. The van der Waals surface area contributed by atoms with Crippen molar-refractivity contribution < 1.29 is 22.6 Å². The van der Waals surface area contributed by atoms with Gasteiger partial charge in [-0.05, 0) is 30.7 Å². The quantitative estimate of drug-likeness (QED) is 0.772. The molecule has 0 aliphatic rings. The number of nitrogens with zero attached hydrogens (tertiary/aromatic N) is 3. The summed E-state index contributed by atoms with van der Waals surface area (Å²) in [5.41, 5.74) is 0.712. The van der Waals surface area contributed by atoms with Crippen molar-refractivity contribution >= 4 is 10.0 Å². The maximum absolute atomic E-state index is 12.4. The largest absolute Gasteiger partial charge is 0.496 e. The summed E-state index contributed by atoms with van der Waals surface area (Å²) in [6.07, 6.45) is 0. The number of hydrogen-bond acceptors (Lipinski definition) is 8. The van der Waals surface area contributed by atoms with Crippen LogP contribution < -0.4 is 18.9 Å². The van der Waals surface area contributed by atoms with E-state index < -0.39 is 10.0 Å². The van der Waals surface area contributed by atoms with E-state index in [4.69, 9.17) is 14.2 Å². The van der Waals surface area contributed by atoms with Gasteiger partial charge in [0.2, 0.25) is 10.0 Å². The molecular formula is C14H18N4O5S. The molecule has 0 unspecified atom stereocenters. The van der Waals surface area contributed by atoms with Crippen molar-refractivity contribution in [3.05, 3.63) is 29.6 Å². The van der Waals surface area contributed by atoms with Gasteiger partial charge in [-0.3, -0.25) is 0 Å². The third-order valence-corrected chi connectivity index (χ3v) is 4.50. The molecule has 0 saturated heterocycles. The Morgan fingerprint density at radius 3 is 2.12 bits per heavy atom. The number of hydrogen-bond donors (Lipinski definition) is 1. The molecule has 0 fully saturated rings. The first-order valence-corrected chi connectivity index (χ1v) is 8.35. The van der Waals surface area contributed by atoms with E-state index in [9.17, 15) is 8.42 Å². The predicted octanol–water partition coefficient (Wildman–Crippen LogP) is 0.684. The molecule has 1 N–H and O–H groups in total. The number of benzene rings is 1. The molecule has 1 aromatic carbocycles. The van der Waals surface area contributed by atoms with Crippen LogP contribution in [-0.2, 0) is 16.6 Å². The fraction of sp³-hybridized carbons (Fsp3) is 0.357. The van der Waals surface area contributed by atoms with Crippen molar-refractivity contribution in [3.63, 3.8) is 0 Å². The monoisotopic (exact) mass is 354 g/mol. The summed E-state index contributed by atoms with van der Waals surface area (Å²) in [5, 5.41) is 0. The van der Waals surface area contributed by atoms with Crippen LogP contribution in [0.25, 0.3) is 0 Å². The van der Waals surface area contributed by atoms with E-state index in [1.807, 2.05) is 0 Å². The zero-order valence-electron chi connectivity index (χ0n) is 13.7. The van der Waals surface area contributed by atoms with Crippen LogP contribution in [0.2, 0.25) is 0 Å². The van der Waals surface area contributed by atoms with Crippen LogP contribution in [0.1, 0.15) is 11.4 Å². The molecule has 2 rings (SSSR count). The van der Waals surface area contributed by atoms with Crippen molar-refractivity contribution in [2.24, 2.45) is 0 Å². The maximum Gasteiger partial charge on any atom is 0.322 e. The number of ether oxygens (including phenoxy) is 3. The first-order chi connectivity index (χ1) is 11.4. The summed E-state index contributed by atoms with van der Waals surface area (Å²) in [4.78, 5) is 11.9. The highest BCUT2D eigenvalue weighted by Crippen LogP contribution is 2.21. The van der Waals surface area contributed by atoms with Crippen LogP contribution in [0.5, 0.6) is 17.8 Å². The van der Waals surface area contributed by atoms with Gasteiger partial charge in [0, 0.05) is 0 Å². The molecule has 130 valence electrons. The molecule has 9 nitrogen and oxygen atoms in total. The molecule has 0 radical (unpaired) electrons. The number of nitrogens with one attached hydrogen (secondary N) is 1. The van der Waals surface area contributed by atoms with Gasteiger partial charge in [0.15, 0.2) is 5.82 Å². The van der Waals surface area contributed by atoms with E-state index in [0.717, 1.165) is 0 Å². The molecule has 0 saturated carbocycles. The van der Waals surface area contributed by atoms with Crippen molar-refractivity contribution in [1.82, 2.24) is 19.7 Å². The molecule has 24 heavy (non-hydrogen) atoms. The lowest BCUT2D eigenvalue weighted by Crippen LogP contribution is -2.24. The molecule has 1 aromatic heterocycles. The highest BCUT2D eigenvalue weighted by molar-refractivity contribution is 7.89. The number of aryl methyl sites for hydroxylation is 1. The summed E-state index contributed by atoms with van der Waals surface area (Å²) in [6, 6.07) is 4.66. The second kappa shape index (κ2) is 7.41. The van der Waals surface area contributed by atoms with E-state index in [-0.39, 0.29) is 29.3 Å². The molecule has 0 aliphatic carbocycles. The number of sulfonamides is 1. The van der Waals surface area contributed by atoms with E-state index >= 15 is 0 Å². The SMILES string of the molecule is COc1nc(CNS(=O)(=O)c2ccc(OC)c(C)c2)nc(OC)n1. The van der Waals surface area contributed by atoms with Gasteiger partial charge in [0.1, 0.15) is 5.75 Å². The van der Waals surface area contributed by atoms with Crippen LogP contribution in [0, 0.1) is 6.92 Å². The Bertz CT molecular complexity index is 804. The number of methoxy groups -OCH3 is 3. The Hall–Kier alpha value is -2.46. The summed E-state index contributed by atoms with van der Waals surface area (Å²) in [7, 11) is 0.575. The summed E-state index contributed by atoms with van der Waals surface area (Å²) < 4.78 is 42.2. The summed E-state index contributed by atoms with van der Waals surface area (Å²) >= 11 is 0. The lowest BCUT2D eigenvalue weighted by Gasteiger charge is -2.10. The lowest BCUT2D eigenvalue weighted by molar-refractivity contribution is 0.336. The predicted molar refractivity (Wildman–Crippen MR) is 84.7 cm³/mol. The highest BCUT2D eigenvalue weighted by Gasteiger charge is 2.17. The van der Waals surface area contributed by atoms with Gasteiger partial charge in [-0.1, -0.05) is 0 Å². The molecule has 0 aliphatic heterocycles. The molecule has 2 aromatic rings. The van der Waals surface area contributed by atoms with Crippen molar-refractivity contribution in [3.8, 4) is 17.8 Å². The van der Waals surface area contributed by atoms with E-state index in [0.29, 0.717) is 11.3 Å². The fourth-order valence-electron chi connectivity index (χ4n) is 1.90. The number of aromatic nitrogens is 3. The molecule has 0 amide bonds. The minimum Gasteiger partial charge on any atom is -0.496 e. The second-order valence-corrected chi connectivity index (χ2v) is 6.45. The van der Waals surface area contributed by atoms with Crippen LogP contribution in [0.4, 0.5) is 0 Å². The van der Waals surface area contributed by atoms with Crippen LogP contribution in [0.3, 0.4) is 0 Å². The fourth-order valence-corrected chi connectivity index (χ4v) is 2.97. The first kappa shape index (κ1) is 17.9. The normalized spacial score (nSPS) is 11.2. The topological polar surface area (TPSA) is 113 Å². The van der Waals surface area contributed by atoms with Crippen LogP contribution in [0.15, 0.2) is 23.1 Å². The smallest absolute Gasteiger partial charge is 0.322 e.